The van der Waals surface area contributed by atoms with Crippen LogP contribution < -0.4 is 9.62 Å². The van der Waals surface area contributed by atoms with Crippen LogP contribution in [0.2, 0.25) is 5.02 Å². The quantitative estimate of drug-likeness (QED) is 0.288. The zero-order valence-electron chi connectivity index (χ0n) is 22.2. The minimum absolute atomic E-state index is 0.0966. The molecule has 2 atom stereocenters. The molecule has 1 N–H and O–H groups in total. The highest BCUT2D eigenvalue weighted by atomic mass is 79.9. The molecule has 0 aliphatic carbocycles. The lowest BCUT2D eigenvalue weighted by Gasteiger charge is -2.34. The largest absolute Gasteiger partial charge is 0.352 e. The van der Waals surface area contributed by atoms with Gasteiger partial charge in [-0.25, -0.2) is 8.42 Å². The van der Waals surface area contributed by atoms with E-state index in [0.29, 0.717) is 10.7 Å². The van der Waals surface area contributed by atoms with Crippen molar-refractivity contribution in [3.8, 4) is 0 Å². The topological polar surface area (TPSA) is 86.8 Å². The van der Waals surface area contributed by atoms with Crippen molar-refractivity contribution < 1.29 is 18.0 Å². The summed E-state index contributed by atoms with van der Waals surface area (Å²) in [5, 5.41) is 3.56. The summed E-state index contributed by atoms with van der Waals surface area (Å²) >= 11 is 9.44. The van der Waals surface area contributed by atoms with Crippen LogP contribution in [-0.2, 0) is 32.6 Å². The van der Waals surface area contributed by atoms with Crippen molar-refractivity contribution in [2.75, 3.05) is 17.1 Å². The lowest BCUT2D eigenvalue weighted by Crippen LogP contribution is -2.54. The van der Waals surface area contributed by atoms with E-state index in [1.54, 1.807) is 48.5 Å². The minimum atomic E-state index is -3.81. The van der Waals surface area contributed by atoms with Crippen molar-refractivity contribution in [3.63, 3.8) is 0 Å². The van der Waals surface area contributed by atoms with Gasteiger partial charge in [0.25, 0.3) is 0 Å². The Morgan fingerprint density at radius 3 is 2.13 bits per heavy atom. The number of nitrogens with one attached hydrogen (secondary N) is 1. The zero-order valence-corrected chi connectivity index (χ0v) is 25.3. The normalized spacial score (nSPS) is 12.8. The first-order chi connectivity index (χ1) is 18.5. The van der Waals surface area contributed by atoms with Gasteiger partial charge in [0.1, 0.15) is 12.6 Å². The molecule has 3 aromatic rings. The van der Waals surface area contributed by atoms with E-state index in [9.17, 15) is 18.0 Å². The van der Waals surface area contributed by atoms with E-state index < -0.39 is 28.5 Å². The highest BCUT2D eigenvalue weighted by Gasteiger charge is 2.33. The Hall–Kier alpha value is -2.88. The highest BCUT2D eigenvalue weighted by Crippen LogP contribution is 2.23. The first kappa shape index (κ1) is 30.7. The summed E-state index contributed by atoms with van der Waals surface area (Å²) < 4.78 is 27.4. The smallest absolute Gasteiger partial charge is 0.244 e. The molecule has 7 nitrogen and oxygen atoms in total. The van der Waals surface area contributed by atoms with Crippen LogP contribution in [0.4, 0.5) is 5.69 Å². The van der Waals surface area contributed by atoms with E-state index >= 15 is 0 Å². The van der Waals surface area contributed by atoms with Gasteiger partial charge in [-0.15, -0.1) is 0 Å². The summed E-state index contributed by atoms with van der Waals surface area (Å²) in [5.74, 6) is -0.802. The second kappa shape index (κ2) is 14.0. The summed E-state index contributed by atoms with van der Waals surface area (Å²) in [6, 6.07) is 22.2. The first-order valence-corrected chi connectivity index (χ1v) is 15.6. The third kappa shape index (κ3) is 9.08. The molecule has 3 aromatic carbocycles. The lowest BCUT2D eigenvalue weighted by molar-refractivity contribution is -0.140. The maximum absolute atomic E-state index is 14.0. The van der Waals surface area contributed by atoms with Gasteiger partial charge in [0.2, 0.25) is 21.8 Å². The van der Waals surface area contributed by atoms with Crippen LogP contribution in [0, 0.1) is 0 Å². The second-order valence-corrected chi connectivity index (χ2v) is 12.7. The van der Waals surface area contributed by atoms with Gasteiger partial charge in [-0.05, 0) is 60.9 Å². The van der Waals surface area contributed by atoms with E-state index in [1.807, 2.05) is 44.2 Å². The summed E-state index contributed by atoms with van der Waals surface area (Å²) in [5.41, 5.74) is 1.99. The molecular formula is C29H33BrClN3O4S. The predicted octanol–water partition coefficient (Wildman–Crippen LogP) is 5.42. The molecule has 10 heteroatoms. The van der Waals surface area contributed by atoms with Crippen LogP contribution >= 0.6 is 27.5 Å². The fourth-order valence-corrected chi connectivity index (χ4v) is 5.24. The zero-order chi connectivity index (χ0) is 28.6. The van der Waals surface area contributed by atoms with E-state index in [4.69, 9.17) is 11.6 Å². The van der Waals surface area contributed by atoms with Crippen molar-refractivity contribution in [2.24, 2.45) is 0 Å². The second-order valence-electron chi connectivity index (χ2n) is 9.42. The molecule has 3 rings (SSSR count). The van der Waals surface area contributed by atoms with Crippen LogP contribution in [0.1, 0.15) is 31.4 Å². The number of nitrogens with zero attached hydrogens (tertiary/aromatic N) is 2. The SMILES string of the molecule is CC[C@@H](C)NC(=O)[C@@H](Cc1ccccc1)N(Cc1ccc(Cl)cc1)C(=O)CN(c1ccc(Br)cc1)S(C)(=O)=O. The number of hydrogen-bond donors (Lipinski definition) is 1. The molecule has 0 aliphatic rings. The van der Waals surface area contributed by atoms with Crippen molar-refractivity contribution in [1.29, 1.82) is 0 Å². The van der Waals surface area contributed by atoms with Gasteiger partial charge in [0.15, 0.2) is 0 Å². The van der Waals surface area contributed by atoms with Crippen LogP contribution in [0.15, 0.2) is 83.3 Å². The summed E-state index contributed by atoms with van der Waals surface area (Å²) in [4.78, 5) is 29.1. The van der Waals surface area contributed by atoms with Crippen molar-refractivity contribution in [2.45, 2.75) is 45.3 Å². The van der Waals surface area contributed by atoms with Crippen LogP contribution in [-0.4, -0.2) is 50.0 Å². The van der Waals surface area contributed by atoms with Gasteiger partial charge in [-0.1, -0.05) is 76.9 Å². The first-order valence-electron chi connectivity index (χ1n) is 12.6. The molecular weight excluding hydrogens is 602 g/mol. The maximum Gasteiger partial charge on any atom is 0.244 e. The van der Waals surface area contributed by atoms with Gasteiger partial charge >= 0.3 is 0 Å². The molecule has 39 heavy (non-hydrogen) atoms. The molecule has 0 heterocycles. The van der Waals surface area contributed by atoms with Crippen LogP contribution in [0.25, 0.3) is 0 Å². The monoisotopic (exact) mass is 633 g/mol. The summed E-state index contributed by atoms with van der Waals surface area (Å²) in [6.45, 7) is 3.51. The Labute approximate surface area is 244 Å². The molecule has 0 unspecified atom stereocenters. The number of amides is 2. The fourth-order valence-electron chi connectivity index (χ4n) is 4.00. The van der Waals surface area contributed by atoms with Gasteiger partial charge in [0, 0.05) is 28.5 Å². The summed E-state index contributed by atoms with van der Waals surface area (Å²) in [6.07, 6.45) is 2.04. The number of halogens is 2. The van der Waals surface area contributed by atoms with E-state index in [-0.39, 0.29) is 24.9 Å². The predicted molar refractivity (Wildman–Crippen MR) is 160 cm³/mol. The lowest BCUT2D eigenvalue weighted by atomic mass is 10.0. The number of benzene rings is 3. The molecule has 0 fully saturated rings. The third-order valence-electron chi connectivity index (χ3n) is 6.33. The Morgan fingerprint density at radius 2 is 1.56 bits per heavy atom. The van der Waals surface area contributed by atoms with Gasteiger partial charge in [0.05, 0.1) is 11.9 Å². The Bertz CT molecular complexity index is 1350. The third-order valence-corrected chi connectivity index (χ3v) is 8.25. The average Bonchev–Trinajstić information content (AvgIpc) is 2.90. The van der Waals surface area contributed by atoms with Crippen molar-refractivity contribution in [3.05, 3.63) is 99.5 Å². The molecule has 0 bridgehead atoms. The number of sulfonamides is 1. The Balaban J connectivity index is 2.04. The average molecular weight is 635 g/mol. The van der Waals surface area contributed by atoms with Gasteiger partial charge in [-0.2, -0.15) is 0 Å². The Kier molecular flexibility index (Phi) is 11.0. The number of anilines is 1. The molecule has 0 radical (unpaired) electrons. The van der Waals surface area contributed by atoms with E-state index in [2.05, 4.69) is 21.2 Å². The molecule has 0 aromatic heterocycles. The Morgan fingerprint density at radius 1 is 0.949 bits per heavy atom. The number of carbonyl (C=O) groups excluding carboxylic acids is 2. The summed E-state index contributed by atoms with van der Waals surface area (Å²) in [7, 11) is -3.81. The fraction of sp³-hybridized carbons (Fsp3) is 0.310. The minimum Gasteiger partial charge on any atom is -0.352 e. The molecule has 0 aliphatic heterocycles. The van der Waals surface area contributed by atoms with Crippen LogP contribution in [0.3, 0.4) is 0 Å². The molecule has 0 saturated carbocycles. The van der Waals surface area contributed by atoms with E-state index in [1.165, 1.54) is 4.90 Å². The van der Waals surface area contributed by atoms with Crippen LogP contribution in [0.5, 0.6) is 0 Å². The number of hydrogen-bond acceptors (Lipinski definition) is 4. The van der Waals surface area contributed by atoms with Gasteiger partial charge in [-0.3, -0.25) is 13.9 Å². The molecule has 0 saturated heterocycles. The highest BCUT2D eigenvalue weighted by molar-refractivity contribution is 9.10. The number of rotatable bonds is 12. The molecule has 0 spiro atoms. The van der Waals surface area contributed by atoms with Crippen molar-refractivity contribution >= 4 is 55.1 Å². The molecule has 2 amide bonds. The van der Waals surface area contributed by atoms with E-state index in [0.717, 1.165) is 32.6 Å². The van der Waals surface area contributed by atoms with Gasteiger partial charge < -0.3 is 10.2 Å². The number of carbonyl (C=O) groups is 2. The molecule has 208 valence electrons. The van der Waals surface area contributed by atoms with Crippen molar-refractivity contribution in [1.82, 2.24) is 10.2 Å². The standard InChI is InChI=1S/C29H33BrClN3O4S/c1-4-21(2)32-29(36)27(18-22-8-6-5-7-9-22)33(19-23-10-14-25(31)15-11-23)28(35)20-34(39(3,37)38)26-16-12-24(30)13-17-26/h5-17,21,27H,4,18-20H2,1-3H3,(H,32,36)/t21-,27-/m1/s1. The maximum atomic E-state index is 14.0.